The van der Waals surface area contributed by atoms with Crippen molar-refractivity contribution in [3.05, 3.63) is 0 Å². The molecule has 0 aromatic carbocycles. The largest absolute Gasteiger partial charge is 0.481 e. The summed E-state index contributed by atoms with van der Waals surface area (Å²) in [4.78, 5) is 10.9. The summed E-state index contributed by atoms with van der Waals surface area (Å²) in [6, 6.07) is 0. The number of aliphatic carboxylic acids is 1. The zero-order valence-electron chi connectivity index (χ0n) is 14.2. The van der Waals surface area contributed by atoms with Crippen molar-refractivity contribution in [1.29, 1.82) is 0 Å². The second-order valence-corrected chi connectivity index (χ2v) is 6.76. The molecule has 1 aliphatic carbocycles. The van der Waals surface area contributed by atoms with Gasteiger partial charge in [-0.25, -0.2) is 0 Å². The maximum Gasteiger partial charge on any atom is 0.306 e. The van der Waals surface area contributed by atoms with Gasteiger partial charge in [-0.1, -0.05) is 12.8 Å². The van der Waals surface area contributed by atoms with Gasteiger partial charge < -0.3 is 19.3 Å². The van der Waals surface area contributed by atoms with E-state index in [-0.39, 0.29) is 18.3 Å². The van der Waals surface area contributed by atoms with Crippen LogP contribution in [0.2, 0.25) is 0 Å². The molecule has 134 valence electrons. The Morgan fingerprint density at radius 1 is 0.913 bits per heavy atom. The van der Waals surface area contributed by atoms with E-state index in [0.717, 1.165) is 71.2 Å². The van der Waals surface area contributed by atoms with Crippen LogP contribution in [0.25, 0.3) is 0 Å². The topological polar surface area (TPSA) is 65.0 Å². The molecular weight excluding hydrogens is 296 g/mol. The molecule has 0 spiro atoms. The molecule has 2 aliphatic rings. The van der Waals surface area contributed by atoms with Crippen LogP contribution in [0.1, 0.15) is 70.6 Å². The summed E-state index contributed by atoms with van der Waals surface area (Å²) in [7, 11) is 0. The molecule has 0 amide bonds. The Morgan fingerprint density at radius 2 is 1.61 bits per heavy atom. The van der Waals surface area contributed by atoms with Crippen molar-refractivity contribution in [3.63, 3.8) is 0 Å². The van der Waals surface area contributed by atoms with Gasteiger partial charge in [0.15, 0.2) is 6.29 Å². The molecule has 1 N–H and O–H groups in total. The summed E-state index contributed by atoms with van der Waals surface area (Å²) in [5, 5.41) is 8.97. The molecule has 1 heterocycles. The van der Waals surface area contributed by atoms with E-state index in [1.165, 1.54) is 19.3 Å². The van der Waals surface area contributed by atoms with Crippen LogP contribution in [0.15, 0.2) is 0 Å². The molecule has 1 saturated carbocycles. The van der Waals surface area contributed by atoms with Gasteiger partial charge in [-0.05, 0) is 57.8 Å². The first kappa shape index (κ1) is 18.7. The molecular formula is C18H32O5. The first-order chi connectivity index (χ1) is 11.3. The molecule has 5 nitrogen and oxygen atoms in total. The summed E-state index contributed by atoms with van der Waals surface area (Å²) in [6.07, 6.45) is 11.6. The average molecular weight is 328 g/mol. The standard InChI is InChI=1S/C18H32O5/c19-18(20)15-8-10-16(11-9-15)21-12-4-1-2-5-13-22-17-7-3-6-14-23-17/h15-17H,1-14H2,(H,19,20). The molecule has 5 heteroatoms. The van der Waals surface area contributed by atoms with E-state index in [9.17, 15) is 4.79 Å². The molecule has 0 radical (unpaired) electrons. The zero-order valence-corrected chi connectivity index (χ0v) is 14.2. The summed E-state index contributed by atoms with van der Waals surface area (Å²) in [5.74, 6) is -0.799. The summed E-state index contributed by atoms with van der Waals surface area (Å²) < 4.78 is 17.1. The Balaban J connectivity index is 1.36. The fourth-order valence-corrected chi connectivity index (χ4v) is 3.34. The van der Waals surface area contributed by atoms with Gasteiger partial charge in [0.1, 0.15) is 0 Å². The van der Waals surface area contributed by atoms with Crippen molar-refractivity contribution in [3.8, 4) is 0 Å². The van der Waals surface area contributed by atoms with Gasteiger partial charge in [-0.15, -0.1) is 0 Å². The lowest BCUT2D eigenvalue weighted by Gasteiger charge is -2.26. The summed E-state index contributed by atoms with van der Waals surface area (Å²) in [6.45, 7) is 2.44. The van der Waals surface area contributed by atoms with Crippen LogP contribution >= 0.6 is 0 Å². The van der Waals surface area contributed by atoms with Crippen LogP contribution in [0, 0.1) is 5.92 Å². The fraction of sp³-hybridized carbons (Fsp3) is 0.944. The third kappa shape index (κ3) is 7.64. The summed E-state index contributed by atoms with van der Waals surface area (Å²) >= 11 is 0. The lowest BCUT2D eigenvalue weighted by molar-refractivity contribution is -0.162. The van der Waals surface area contributed by atoms with Crippen LogP contribution in [0.3, 0.4) is 0 Å². The molecule has 1 atom stereocenters. The maximum atomic E-state index is 10.9. The Hall–Kier alpha value is -0.650. The van der Waals surface area contributed by atoms with Gasteiger partial charge in [0.2, 0.25) is 0 Å². The fourth-order valence-electron chi connectivity index (χ4n) is 3.34. The second-order valence-electron chi connectivity index (χ2n) is 6.76. The van der Waals surface area contributed by atoms with Gasteiger partial charge in [0, 0.05) is 19.8 Å². The molecule has 2 rings (SSSR count). The molecule has 0 bridgehead atoms. The Morgan fingerprint density at radius 3 is 2.22 bits per heavy atom. The molecule has 0 aromatic rings. The van der Waals surface area contributed by atoms with E-state index in [1.54, 1.807) is 0 Å². The molecule has 1 aliphatic heterocycles. The molecule has 1 saturated heterocycles. The van der Waals surface area contributed by atoms with Gasteiger partial charge in [-0.2, -0.15) is 0 Å². The van der Waals surface area contributed by atoms with Crippen LogP contribution in [0.4, 0.5) is 0 Å². The molecule has 23 heavy (non-hydrogen) atoms. The molecule has 1 unspecified atom stereocenters. The van der Waals surface area contributed by atoms with Crippen molar-refractivity contribution < 1.29 is 24.1 Å². The van der Waals surface area contributed by atoms with Crippen LogP contribution in [-0.4, -0.2) is 43.3 Å². The molecule has 2 fully saturated rings. The van der Waals surface area contributed by atoms with Crippen molar-refractivity contribution in [2.45, 2.75) is 83.0 Å². The second kappa shape index (κ2) is 11.0. The molecule has 0 aromatic heterocycles. The number of ether oxygens (including phenoxy) is 3. The number of unbranched alkanes of at least 4 members (excludes halogenated alkanes) is 3. The first-order valence-corrected chi connectivity index (χ1v) is 9.33. The minimum atomic E-state index is -0.649. The SMILES string of the molecule is O=C(O)C1CCC(OCCCCCCOC2CCCCO2)CC1. The number of carboxylic acids is 1. The van der Waals surface area contributed by atoms with E-state index < -0.39 is 5.97 Å². The minimum absolute atomic E-state index is 0.0352. The Kier molecular flexibility index (Phi) is 8.94. The highest BCUT2D eigenvalue weighted by Crippen LogP contribution is 2.26. The lowest BCUT2D eigenvalue weighted by atomic mass is 9.87. The normalized spacial score (nSPS) is 28.6. The van der Waals surface area contributed by atoms with Crippen molar-refractivity contribution in [1.82, 2.24) is 0 Å². The Labute approximate surface area is 139 Å². The van der Waals surface area contributed by atoms with Gasteiger partial charge >= 0.3 is 5.97 Å². The highest BCUT2D eigenvalue weighted by molar-refractivity contribution is 5.70. The van der Waals surface area contributed by atoms with Crippen LogP contribution in [0.5, 0.6) is 0 Å². The predicted octanol–water partition coefficient (Wildman–Crippen LogP) is 3.75. The monoisotopic (exact) mass is 328 g/mol. The van der Waals surface area contributed by atoms with Crippen molar-refractivity contribution in [2.75, 3.05) is 19.8 Å². The van der Waals surface area contributed by atoms with E-state index in [0.29, 0.717) is 0 Å². The smallest absolute Gasteiger partial charge is 0.306 e. The van der Waals surface area contributed by atoms with E-state index >= 15 is 0 Å². The highest BCUT2D eigenvalue weighted by atomic mass is 16.7. The van der Waals surface area contributed by atoms with Crippen LogP contribution in [-0.2, 0) is 19.0 Å². The zero-order chi connectivity index (χ0) is 16.3. The average Bonchev–Trinajstić information content (AvgIpc) is 2.58. The minimum Gasteiger partial charge on any atom is -0.481 e. The Bertz CT molecular complexity index is 319. The van der Waals surface area contributed by atoms with Gasteiger partial charge in [0.25, 0.3) is 0 Å². The number of carboxylic acid groups (broad SMARTS) is 1. The van der Waals surface area contributed by atoms with Crippen LogP contribution < -0.4 is 0 Å². The summed E-state index contributed by atoms with van der Waals surface area (Å²) in [5.41, 5.74) is 0. The number of hydrogen-bond acceptors (Lipinski definition) is 4. The lowest BCUT2D eigenvalue weighted by Crippen LogP contribution is -2.26. The van der Waals surface area contributed by atoms with Crippen molar-refractivity contribution in [2.24, 2.45) is 5.92 Å². The number of hydrogen-bond donors (Lipinski definition) is 1. The maximum absolute atomic E-state index is 10.9. The van der Waals surface area contributed by atoms with E-state index in [2.05, 4.69) is 0 Å². The quantitative estimate of drug-likeness (QED) is 0.619. The van der Waals surface area contributed by atoms with Crippen molar-refractivity contribution >= 4 is 5.97 Å². The third-order valence-corrected chi connectivity index (χ3v) is 4.86. The number of rotatable bonds is 10. The van der Waals surface area contributed by atoms with E-state index in [1.807, 2.05) is 0 Å². The highest BCUT2D eigenvalue weighted by Gasteiger charge is 2.26. The third-order valence-electron chi connectivity index (χ3n) is 4.86. The van der Waals surface area contributed by atoms with Gasteiger partial charge in [0.05, 0.1) is 12.0 Å². The van der Waals surface area contributed by atoms with E-state index in [4.69, 9.17) is 19.3 Å². The predicted molar refractivity (Wildman–Crippen MR) is 87.3 cm³/mol. The number of carbonyl (C=O) groups is 1. The van der Waals surface area contributed by atoms with Gasteiger partial charge in [-0.3, -0.25) is 4.79 Å². The first-order valence-electron chi connectivity index (χ1n) is 9.33.